The quantitative estimate of drug-likeness (QED) is 0.767. The average Bonchev–Trinajstić information content (AvgIpc) is 2.66. The van der Waals surface area contributed by atoms with Gasteiger partial charge in [-0.25, -0.2) is 4.98 Å². The molecule has 2 aromatic rings. The third-order valence-corrected chi connectivity index (χ3v) is 5.38. The van der Waals surface area contributed by atoms with Crippen molar-refractivity contribution < 1.29 is 4.74 Å². The Balaban J connectivity index is 1.51. The van der Waals surface area contributed by atoms with Crippen LogP contribution in [0.2, 0.25) is 0 Å². The molecule has 2 heterocycles. The van der Waals surface area contributed by atoms with Crippen LogP contribution in [0, 0.1) is 0 Å². The Bertz CT molecular complexity index is 655. The zero-order valence-corrected chi connectivity index (χ0v) is 15.7. The van der Waals surface area contributed by atoms with Gasteiger partial charge in [0.1, 0.15) is 10.8 Å². The highest BCUT2D eigenvalue weighted by Crippen LogP contribution is 2.21. The van der Waals surface area contributed by atoms with Crippen molar-refractivity contribution in [3.8, 4) is 0 Å². The summed E-state index contributed by atoms with van der Waals surface area (Å²) in [6, 6.07) is 11.3. The summed E-state index contributed by atoms with van der Waals surface area (Å²) in [7, 11) is 0. The molecule has 25 heavy (non-hydrogen) atoms. The van der Waals surface area contributed by atoms with E-state index in [-0.39, 0.29) is 0 Å². The van der Waals surface area contributed by atoms with Crippen molar-refractivity contribution in [3.63, 3.8) is 0 Å². The Kier molecular flexibility index (Phi) is 6.67. The van der Waals surface area contributed by atoms with Gasteiger partial charge in [0.2, 0.25) is 0 Å². The predicted molar refractivity (Wildman–Crippen MR) is 103 cm³/mol. The van der Waals surface area contributed by atoms with Crippen molar-refractivity contribution >= 4 is 17.6 Å². The topological polar surface area (TPSA) is 50.3 Å². The summed E-state index contributed by atoms with van der Waals surface area (Å²) in [6.45, 7) is 7.94. The van der Waals surface area contributed by atoms with Gasteiger partial charge in [-0.3, -0.25) is 9.88 Å². The molecule has 3 rings (SSSR count). The molecule has 5 nitrogen and oxygen atoms in total. The molecule has 1 aliphatic heterocycles. The van der Waals surface area contributed by atoms with Gasteiger partial charge in [0.15, 0.2) is 0 Å². The zero-order chi connectivity index (χ0) is 17.5. The summed E-state index contributed by atoms with van der Waals surface area (Å²) in [5.74, 6) is 1.74. The SMILES string of the molecule is CC(CNc1cncc(SCc2ccccc2)n1)N1CCOCC1C. The smallest absolute Gasteiger partial charge is 0.145 e. The number of anilines is 1. The number of morpholine rings is 1. The maximum absolute atomic E-state index is 5.52. The largest absolute Gasteiger partial charge is 0.379 e. The fourth-order valence-corrected chi connectivity index (χ4v) is 3.80. The van der Waals surface area contributed by atoms with Crippen molar-refractivity contribution in [2.24, 2.45) is 0 Å². The molecule has 134 valence electrons. The van der Waals surface area contributed by atoms with Crippen molar-refractivity contribution in [2.75, 3.05) is 31.6 Å². The van der Waals surface area contributed by atoms with Gasteiger partial charge < -0.3 is 10.1 Å². The number of nitrogens with one attached hydrogen (secondary N) is 1. The molecule has 1 aromatic carbocycles. The van der Waals surface area contributed by atoms with E-state index in [9.17, 15) is 0 Å². The van der Waals surface area contributed by atoms with E-state index in [4.69, 9.17) is 4.74 Å². The first kappa shape index (κ1) is 18.2. The van der Waals surface area contributed by atoms with Crippen LogP contribution in [0.5, 0.6) is 0 Å². The van der Waals surface area contributed by atoms with Crippen LogP contribution >= 0.6 is 11.8 Å². The second-order valence-electron chi connectivity index (χ2n) is 6.41. The van der Waals surface area contributed by atoms with Gasteiger partial charge >= 0.3 is 0 Å². The molecule has 0 spiro atoms. The van der Waals surface area contributed by atoms with Gasteiger partial charge in [0.05, 0.1) is 25.6 Å². The van der Waals surface area contributed by atoms with Gasteiger partial charge in [0, 0.05) is 30.9 Å². The summed E-state index contributed by atoms with van der Waals surface area (Å²) < 4.78 is 5.52. The van der Waals surface area contributed by atoms with E-state index in [1.54, 1.807) is 18.0 Å². The summed E-state index contributed by atoms with van der Waals surface area (Å²) >= 11 is 1.71. The first-order chi connectivity index (χ1) is 12.2. The second kappa shape index (κ2) is 9.17. The van der Waals surface area contributed by atoms with Gasteiger partial charge in [-0.1, -0.05) is 30.3 Å². The Morgan fingerprint density at radius 2 is 2.16 bits per heavy atom. The first-order valence-electron chi connectivity index (χ1n) is 8.78. The lowest BCUT2D eigenvalue weighted by Crippen LogP contribution is -2.50. The highest BCUT2D eigenvalue weighted by Gasteiger charge is 2.23. The molecule has 0 aliphatic carbocycles. The molecule has 2 unspecified atom stereocenters. The summed E-state index contributed by atoms with van der Waals surface area (Å²) in [6.07, 6.45) is 3.62. The van der Waals surface area contributed by atoms with E-state index in [0.29, 0.717) is 12.1 Å². The van der Waals surface area contributed by atoms with Crippen molar-refractivity contribution in [1.82, 2.24) is 14.9 Å². The minimum Gasteiger partial charge on any atom is -0.379 e. The van der Waals surface area contributed by atoms with Crippen LogP contribution < -0.4 is 5.32 Å². The Hall–Kier alpha value is -1.63. The molecule has 2 atom stereocenters. The van der Waals surface area contributed by atoms with E-state index >= 15 is 0 Å². The van der Waals surface area contributed by atoms with E-state index in [0.717, 1.165) is 42.9 Å². The minimum absolute atomic E-state index is 0.432. The summed E-state index contributed by atoms with van der Waals surface area (Å²) in [4.78, 5) is 11.5. The average molecular weight is 359 g/mol. The highest BCUT2D eigenvalue weighted by molar-refractivity contribution is 7.98. The zero-order valence-electron chi connectivity index (χ0n) is 14.9. The fraction of sp³-hybridized carbons (Fsp3) is 0.474. The first-order valence-corrected chi connectivity index (χ1v) is 9.77. The summed E-state index contributed by atoms with van der Waals surface area (Å²) in [5.41, 5.74) is 1.29. The van der Waals surface area contributed by atoms with Crippen molar-refractivity contribution in [2.45, 2.75) is 36.7 Å². The molecular formula is C19H26N4OS. The van der Waals surface area contributed by atoms with Crippen LogP contribution in [0.25, 0.3) is 0 Å². The number of aromatic nitrogens is 2. The molecule has 1 N–H and O–H groups in total. The lowest BCUT2D eigenvalue weighted by Gasteiger charge is -2.37. The van der Waals surface area contributed by atoms with E-state index in [1.807, 2.05) is 12.3 Å². The van der Waals surface area contributed by atoms with Crippen LogP contribution in [0.1, 0.15) is 19.4 Å². The molecule has 6 heteroatoms. The number of hydrogen-bond acceptors (Lipinski definition) is 6. The number of hydrogen-bond donors (Lipinski definition) is 1. The minimum atomic E-state index is 0.432. The lowest BCUT2D eigenvalue weighted by atomic mass is 10.2. The monoisotopic (exact) mass is 358 g/mol. The number of thioether (sulfide) groups is 1. The third kappa shape index (κ3) is 5.42. The Labute approximate surface area is 154 Å². The van der Waals surface area contributed by atoms with Gasteiger partial charge in [0.25, 0.3) is 0 Å². The van der Waals surface area contributed by atoms with Crippen molar-refractivity contribution in [1.29, 1.82) is 0 Å². The molecule has 0 bridgehead atoms. The van der Waals surface area contributed by atoms with Crippen molar-refractivity contribution in [3.05, 3.63) is 48.3 Å². The summed E-state index contributed by atoms with van der Waals surface area (Å²) in [5, 5.41) is 4.38. The maximum atomic E-state index is 5.52. The molecule has 1 aliphatic rings. The van der Waals surface area contributed by atoms with E-state index in [1.165, 1.54) is 5.56 Å². The van der Waals surface area contributed by atoms with Crippen LogP contribution in [0.3, 0.4) is 0 Å². The normalized spacial score (nSPS) is 19.5. The van der Waals surface area contributed by atoms with Gasteiger partial charge in [-0.15, -0.1) is 11.8 Å². The van der Waals surface area contributed by atoms with Gasteiger partial charge in [-0.05, 0) is 19.4 Å². The highest BCUT2D eigenvalue weighted by atomic mass is 32.2. The standard InChI is InChI=1S/C19H26N4OS/c1-15(23-8-9-24-13-16(23)2)10-21-18-11-20-12-19(22-18)25-14-17-6-4-3-5-7-17/h3-7,11-12,15-16H,8-10,13-14H2,1-2H3,(H,21,22). The third-order valence-electron chi connectivity index (χ3n) is 4.41. The number of nitrogens with zero attached hydrogens (tertiary/aromatic N) is 3. The molecule has 0 amide bonds. The number of benzene rings is 1. The predicted octanol–water partition coefficient (Wildman–Crippen LogP) is 3.29. The van der Waals surface area contributed by atoms with E-state index < -0.39 is 0 Å². The van der Waals surface area contributed by atoms with Crippen LogP contribution in [-0.2, 0) is 10.5 Å². The van der Waals surface area contributed by atoms with E-state index in [2.05, 4.69) is 58.3 Å². The maximum Gasteiger partial charge on any atom is 0.145 e. The van der Waals surface area contributed by atoms with Crippen LogP contribution in [0.15, 0.2) is 47.8 Å². The number of rotatable bonds is 7. The van der Waals surface area contributed by atoms with Gasteiger partial charge in [-0.2, -0.15) is 0 Å². The molecule has 0 saturated carbocycles. The molecule has 0 radical (unpaired) electrons. The fourth-order valence-electron chi connectivity index (χ4n) is 3.00. The molecule has 1 saturated heterocycles. The van der Waals surface area contributed by atoms with Crippen LogP contribution in [-0.4, -0.2) is 53.3 Å². The second-order valence-corrected chi connectivity index (χ2v) is 7.40. The molecule has 1 fully saturated rings. The van der Waals surface area contributed by atoms with Crippen LogP contribution in [0.4, 0.5) is 5.82 Å². The Morgan fingerprint density at radius 1 is 1.32 bits per heavy atom. The Morgan fingerprint density at radius 3 is 2.96 bits per heavy atom. The number of ether oxygens (including phenoxy) is 1. The molecular weight excluding hydrogens is 332 g/mol. The molecule has 1 aromatic heterocycles. The lowest BCUT2D eigenvalue weighted by molar-refractivity contribution is -0.0159.